The second-order valence-electron chi connectivity index (χ2n) is 4.55. The molecule has 4 nitrogen and oxygen atoms in total. The summed E-state index contributed by atoms with van der Waals surface area (Å²) in [6, 6.07) is 0.407. The first kappa shape index (κ1) is 11.2. The number of carbonyl (C=O) groups excluding carboxylic acids is 1. The average Bonchev–Trinajstić information content (AvgIpc) is 2.70. The normalized spacial score (nSPS) is 18.1. The van der Waals surface area contributed by atoms with Gasteiger partial charge in [0.25, 0.3) is 5.91 Å². The van der Waals surface area contributed by atoms with E-state index in [0.29, 0.717) is 11.6 Å². The first-order chi connectivity index (χ1) is 7.79. The summed E-state index contributed by atoms with van der Waals surface area (Å²) in [5.41, 5.74) is 0.659. The lowest BCUT2D eigenvalue weighted by Crippen LogP contribution is -2.36. The summed E-state index contributed by atoms with van der Waals surface area (Å²) in [7, 11) is 1.91. The summed E-state index contributed by atoms with van der Waals surface area (Å²) in [4.78, 5) is 14.0. The van der Waals surface area contributed by atoms with Crippen molar-refractivity contribution in [2.24, 2.45) is 0 Å². The molecule has 1 heterocycles. The Hall–Kier alpha value is -1.32. The largest absolute Gasteiger partial charge is 0.339 e. The Kier molecular flexibility index (Phi) is 3.59. The van der Waals surface area contributed by atoms with E-state index in [4.69, 9.17) is 0 Å². The molecule has 0 unspecified atom stereocenters. The number of hydrogen-bond donors (Lipinski definition) is 1. The summed E-state index contributed by atoms with van der Waals surface area (Å²) >= 11 is 0. The topological polar surface area (TPSA) is 49.0 Å². The van der Waals surface area contributed by atoms with Crippen LogP contribution in [-0.4, -0.2) is 34.1 Å². The van der Waals surface area contributed by atoms with Crippen LogP contribution in [0.15, 0.2) is 12.4 Å². The minimum Gasteiger partial charge on any atom is -0.339 e. The Balaban J connectivity index is 2.00. The second-order valence-corrected chi connectivity index (χ2v) is 4.55. The number of aromatic amines is 1. The van der Waals surface area contributed by atoms with Gasteiger partial charge in [0.05, 0.1) is 11.8 Å². The molecule has 1 aliphatic rings. The van der Waals surface area contributed by atoms with Crippen LogP contribution in [0.25, 0.3) is 0 Å². The van der Waals surface area contributed by atoms with Crippen molar-refractivity contribution in [1.82, 2.24) is 15.1 Å². The molecule has 1 N–H and O–H groups in total. The van der Waals surface area contributed by atoms with Crippen molar-refractivity contribution in [3.8, 4) is 0 Å². The first-order valence-electron chi connectivity index (χ1n) is 6.05. The van der Waals surface area contributed by atoms with Crippen LogP contribution in [0.1, 0.15) is 48.9 Å². The van der Waals surface area contributed by atoms with Crippen molar-refractivity contribution >= 4 is 5.91 Å². The van der Waals surface area contributed by atoms with Gasteiger partial charge in [-0.2, -0.15) is 5.10 Å². The van der Waals surface area contributed by atoms with E-state index in [1.807, 2.05) is 11.9 Å². The van der Waals surface area contributed by atoms with Gasteiger partial charge in [0, 0.05) is 19.3 Å². The van der Waals surface area contributed by atoms with Gasteiger partial charge in [-0.1, -0.05) is 25.7 Å². The highest BCUT2D eigenvalue weighted by Gasteiger charge is 2.22. The molecule has 16 heavy (non-hydrogen) atoms. The molecule has 0 aromatic carbocycles. The average molecular weight is 221 g/mol. The van der Waals surface area contributed by atoms with E-state index >= 15 is 0 Å². The standard InChI is InChI=1S/C12H19N3O/c1-15(11-6-4-2-3-5-7-11)12(16)10-8-13-14-9-10/h8-9,11H,2-7H2,1H3,(H,13,14). The molecular formula is C12H19N3O. The number of aromatic nitrogens is 2. The zero-order valence-corrected chi connectivity index (χ0v) is 9.78. The van der Waals surface area contributed by atoms with Gasteiger partial charge < -0.3 is 4.90 Å². The quantitative estimate of drug-likeness (QED) is 0.778. The number of nitrogens with zero attached hydrogens (tertiary/aromatic N) is 2. The first-order valence-corrected chi connectivity index (χ1v) is 6.05. The fourth-order valence-electron chi connectivity index (χ4n) is 2.38. The summed E-state index contributed by atoms with van der Waals surface area (Å²) in [5.74, 6) is 0.0839. The van der Waals surface area contributed by atoms with Crippen LogP contribution in [0.3, 0.4) is 0 Å². The fourth-order valence-corrected chi connectivity index (χ4v) is 2.38. The highest BCUT2D eigenvalue weighted by atomic mass is 16.2. The van der Waals surface area contributed by atoms with Gasteiger partial charge in [0.2, 0.25) is 0 Å². The summed E-state index contributed by atoms with van der Waals surface area (Å²) in [6.45, 7) is 0. The molecule has 0 radical (unpaired) electrons. The van der Waals surface area contributed by atoms with Crippen LogP contribution in [-0.2, 0) is 0 Å². The minimum absolute atomic E-state index is 0.0839. The van der Waals surface area contributed by atoms with Crippen molar-refractivity contribution in [2.75, 3.05) is 7.05 Å². The van der Waals surface area contributed by atoms with Crippen molar-refractivity contribution < 1.29 is 4.79 Å². The maximum Gasteiger partial charge on any atom is 0.257 e. The molecule has 0 spiro atoms. The number of rotatable bonds is 2. The van der Waals surface area contributed by atoms with Gasteiger partial charge in [0.15, 0.2) is 0 Å². The van der Waals surface area contributed by atoms with Gasteiger partial charge in [-0.3, -0.25) is 9.89 Å². The maximum atomic E-state index is 12.1. The Morgan fingerprint density at radius 3 is 2.62 bits per heavy atom. The molecule has 4 heteroatoms. The van der Waals surface area contributed by atoms with E-state index in [1.54, 1.807) is 12.4 Å². The molecule has 1 fully saturated rings. The molecule has 1 aliphatic carbocycles. The lowest BCUT2D eigenvalue weighted by Gasteiger charge is -2.26. The van der Waals surface area contributed by atoms with E-state index in [1.165, 1.54) is 25.7 Å². The second kappa shape index (κ2) is 5.14. The van der Waals surface area contributed by atoms with Crippen molar-refractivity contribution in [1.29, 1.82) is 0 Å². The number of H-pyrrole nitrogens is 1. The Bertz CT molecular complexity index is 326. The third kappa shape index (κ3) is 2.43. The third-order valence-electron chi connectivity index (χ3n) is 3.44. The molecule has 1 saturated carbocycles. The summed E-state index contributed by atoms with van der Waals surface area (Å²) in [6.07, 6.45) is 10.6. The molecule has 1 amide bonds. The van der Waals surface area contributed by atoms with Crippen molar-refractivity contribution in [2.45, 2.75) is 44.6 Å². The lowest BCUT2D eigenvalue weighted by molar-refractivity contribution is 0.0718. The van der Waals surface area contributed by atoms with E-state index in [2.05, 4.69) is 10.2 Å². The fraction of sp³-hybridized carbons (Fsp3) is 0.667. The smallest absolute Gasteiger partial charge is 0.257 e. The minimum atomic E-state index is 0.0839. The zero-order chi connectivity index (χ0) is 11.4. The monoisotopic (exact) mass is 221 g/mol. The molecule has 88 valence electrons. The van der Waals surface area contributed by atoms with Gasteiger partial charge in [0.1, 0.15) is 0 Å². The Morgan fingerprint density at radius 1 is 1.38 bits per heavy atom. The van der Waals surface area contributed by atoms with Gasteiger partial charge in [-0.05, 0) is 12.8 Å². The molecule has 0 saturated heterocycles. The van der Waals surface area contributed by atoms with E-state index in [9.17, 15) is 4.79 Å². The third-order valence-corrected chi connectivity index (χ3v) is 3.44. The predicted molar refractivity (Wildman–Crippen MR) is 62.2 cm³/mol. The summed E-state index contributed by atoms with van der Waals surface area (Å²) in [5, 5.41) is 6.50. The molecule has 2 rings (SSSR count). The maximum absolute atomic E-state index is 12.1. The number of amides is 1. The predicted octanol–water partition coefficient (Wildman–Crippen LogP) is 2.20. The molecule has 0 aliphatic heterocycles. The summed E-state index contributed by atoms with van der Waals surface area (Å²) < 4.78 is 0. The molecule has 1 aromatic heterocycles. The van der Waals surface area contributed by atoms with Crippen molar-refractivity contribution in [3.63, 3.8) is 0 Å². The number of hydrogen-bond acceptors (Lipinski definition) is 2. The lowest BCUT2D eigenvalue weighted by atomic mass is 10.1. The molecule has 1 aromatic rings. The van der Waals surface area contributed by atoms with E-state index in [0.717, 1.165) is 12.8 Å². The van der Waals surface area contributed by atoms with Crippen LogP contribution < -0.4 is 0 Å². The zero-order valence-electron chi connectivity index (χ0n) is 9.78. The molecular weight excluding hydrogens is 202 g/mol. The van der Waals surface area contributed by atoms with Crippen LogP contribution in [0, 0.1) is 0 Å². The van der Waals surface area contributed by atoms with E-state index < -0.39 is 0 Å². The highest BCUT2D eigenvalue weighted by molar-refractivity contribution is 5.93. The Labute approximate surface area is 96.0 Å². The molecule has 0 atom stereocenters. The van der Waals surface area contributed by atoms with Gasteiger partial charge in [-0.15, -0.1) is 0 Å². The van der Waals surface area contributed by atoms with Gasteiger partial charge >= 0.3 is 0 Å². The Morgan fingerprint density at radius 2 is 2.06 bits per heavy atom. The number of carbonyl (C=O) groups is 1. The van der Waals surface area contributed by atoms with E-state index in [-0.39, 0.29) is 5.91 Å². The SMILES string of the molecule is CN(C(=O)c1cn[nH]c1)C1CCCCCC1. The van der Waals surface area contributed by atoms with Crippen LogP contribution in [0.4, 0.5) is 0 Å². The van der Waals surface area contributed by atoms with Crippen LogP contribution in [0.5, 0.6) is 0 Å². The van der Waals surface area contributed by atoms with Crippen molar-refractivity contribution in [3.05, 3.63) is 18.0 Å². The number of nitrogens with one attached hydrogen (secondary N) is 1. The van der Waals surface area contributed by atoms with Gasteiger partial charge in [-0.25, -0.2) is 0 Å². The van der Waals surface area contributed by atoms with Crippen LogP contribution in [0.2, 0.25) is 0 Å². The van der Waals surface area contributed by atoms with Crippen LogP contribution >= 0.6 is 0 Å². The highest BCUT2D eigenvalue weighted by Crippen LogP contribution is 2.22. The molecule has 0 bridgehead atoms.